The van der Waals surface area contributed by atoms with E-state index in [4.69, 9.17) is 0 Å². The number of hydrogen-bond acceptors (Lipinski definition) is 5. The van der Waals surface area contributed by atoms with Crippen LogP contribution in [0.4, 0.5) is 4.39 Å². The lowest BCUT2D eigenvalue weighted by Gasteiger charge is -2.16. The molecule has 1 aromatic heterocycles. The zero-order chi connectivity index (χ0) is 14.8. The molecule has 1 heterocycles. The summed E-state index contributed by atoms with van der Waals surface area (Å²) in [4.78, 5) is 6.89. The van der Waals surface area contributed by atoms with Crippen molar-refractivity contribution in [3.05, 3.63) is 47.8 Å². The van der Waals surface area contributed by atoms with Crippen LogP contribution in [0.2, 0.25) is 0 Å². The van der Waals surface area contributed by atoms with Gasteiger partial charge in [0.05, 0.1) is 17.1 Å². The SMILES string of the molecule is CCN=c1nc([O-])n(S(=O)(=O)c2ccccc2)cc1F. The largest absolute Gasteiger partial charge is 0.845 e. The highest BCUT2D eigenvalue weighted by molar-refractivity contribution is 7.90. The quantitative estimate of drug-likeness (QED) is 0.812. The molecule has 6 nitrogen and oxygen atoms in total. The normalized spacial score (nSPS) is 12.6. The Hall–Kier alpha value is -2.22. The molecule has 0 unspecified atom stereocenters. The second-order valence-corrected chi connectivity index (χ2v) is 5.60. The van der Waals surface area contributed by atoms with Crippen LogP contribution in [0.1, 0.15) is 6.92 Å². The van der Waals surface area contributed by atoms with Crippen molar-refractivity contribution in [1.29, 1.82) is 0 Å². The third-order valence-corrected chi connectivity index (χ3v) is 4.09. The molecule has 20 heavy (non-hydrogen) atoms. The third kappa shape index (κ3) is 2.55. The molecule has 2 aromatic rings. The predicted octanol–water partition coefficient (Wildman–Crippen LogP) is 0.253. The molecule has 2 rings (SSSR count). The predicted molar refractivity (Wildman–Crippen MR) is 66.8 cm³/mol. The highest BCUT2D eigenvalue weighted by atomic mass is 32.2. The van der Waals surface area contributed by atoms with Gasteiger partial charge >= 0.3 is 0 Å². The average molecular weight is 296 g/mol. The van der Waals surface area contributed by atoms with Gasteiger partial charge in [0.2, 0.25) is 0 Å². The molecule has 0 saturated heterocycles. The van der Waals surface area contributed by atoms with Crippen LogP contribution in [0.25, 0.3) is 0 Å². The van der Waals surface area contributed by atoms with Gasteiger partial charge in [-0.15, -0.1) is 0 Å². The van der Waals surface area contributed by atoms with Crippen LogP contribution >= 0.6 is 0 Å². The van der Waals surface area contributed by atoms with Crippen molar-refractivity contribution >= 4 is 10.0 Å². The number of halogens is 1. The first-order valence-electron chi connectivity index (χ1n) is 5.74. The van der Waals surface area contributed by atoms with Crippen molar-refractivity contribution in [3.8, 4) is 6.01 Å². The summed E-state index contributed by atoms with van der Waals surface area (Å²) in [6.07, 6.45) is 0.589. The molecular formula is C12H11FN3O3S-. The number of rotatable bonds is 3. The second-order valence-electron chi connectivity index (χ2n) is 3.78. The third-order valence-electron chi connectivity index (χ3n) is 2.44. The summed E-state index contributed by atoms with van der Waals surface area (Å²) in [6, 6.07) is 6.16. The van der Waals surface area contributed by atoms with E-state index in [1.165, 1.54) is 24.3 Å². The highest BCUT2D eigenvalue weighted by Crippen LogP contribution is 2.15. The summed E-state index contributed by atoms with van der Waals surface area (Å²) in [7, 11) is -4.16. The minimum absolute atomic E-state index is 0.122. The van der Waals surface area contributed by atoms with Crippen molar-refractivity contribution in [2.75, 3.05) is 6.54 Å². The van der Waals surface area contributed by atoms with Gasteiger partial charge in [0, 0.05) is 6.54 Å². The molecule has 0 N–H and O–H groups in total. The Bertz CT molecular complexity index is 785. The van der Waals surface area contributed by atoms with E-state index in [0.717, 1.165) is 0 Å². The molecule has 0 saturated carbocycles. The molecule has 0 amide bonds. The van der Waals surface area contributed by atoms with Crippen molar-refractivity contribution in [3.63, 3.8) is 0 Å². The van der Waals surface area contributed by atoms with Gasteiger partial charge < -0.3 is 5.11 Å². The van der Waals surface area contributed by atoms with E-state index in [-0.39, 0.29) is 15.4 Å². The zero-order valence-electron chi connectivity index (χ0n) is 10.5. The Kier molecular flexibility index (Phi) is 3.84. The lowest BCUT2D eigenvalue weighted by atomic mass is 10.4. The number of aromatic nitrogens is 2. The monoisotopic (exact) mass is 296 g/mol. The number of hydrogen-bond donors (Lipinski definition) is 0. The van der Waals surface area contributed by atoms with Gasteiger partial charge in [0.1, 0.15) is 0 Å². The molecule has 1 aromatic carbocycles. The van der Waals surface area contributed by atoms with Crippen LogP contribution in [0.5, 0.6) is 6.01 Å². The molecule has 0 aliphatic carbocycles. The van der Waals surface area contributed by atoms with E-state index < -0.39 is 27.3 Å². The maximum absolute atomic E-state index is 13.7. The van der Waals surface area contributed by atoms with E-state index in [9.17, 15) is 17.9 Å². The fourth-order valence-electron chi connectivity index (χ4n) is 1.55. The van der Waals surface area contributed by atoms with Crippen LogP contribution in [0.15, 0.2) is 46.4 Å². The van der Waals surface area contributed by atoms with E-state index in [0.29, 0.717) is 6.20 Å². The van der Waals surface area contributed by atoms with Crippen LogP contribution in [-0.2, 0) is 10.0 Å². The molecule has 0 aliphatic heterocycles. The first-order chi connectivity index (χ1) is 9.46. The lowest BCUT2D eigenvalue weighted by Crippen LogP contribution is -2.26. The van der Waals surface area contributed by atoms with Gasteiger partial charge in [-0.3, -0.25) is 4.99 Å². The minimum atomic E-state index is -4.16. The fraction of sp³-hybridized carbons (Fsp3) is 0.167. The standard InChI is InChI=1S/C12H12FN3O3S/c1-2-14-11-10(13)8-16(12(17)15-11)20(18,19)9-6-4-3-5-7-9/h3-8H,2H2,1H3,(H,14,15,17)/p-1. The number of nitrogens with zero attached hydrogens (tertiary/aromatic N) is 3. The number of benzene rings is 1. The lowest BCUT2D eigenvalue weighted by molar-refractivity contribution is -0.283. The van der Waals surface area contributed by atoms with E-state index >= 15 is 0 Å². The van der Waals surface area contributed by atoms with E-state index in [2.05, 4.69) is 9.98 Å². The molecule has 106 valence electrons. The maximum atomic E-state index is 13.7. The molecule has 8 heteroatoms. The summed E-state index contributed by atoms with van der Waals surface area (Å²) < 4.78 is 38.4. The first-order valence-corrected chi connectivity index (χ1v) is 7.18. The molecule has 0 bridgehead atoms. The smallest absolute Gasteiger partial charge is 0.268 e. The Morgan fingerprint density at radius 3 is 2.60 bits per heavy atom. The molecule has 0 atom stereocenters. The molecule has 0 aliphatic rings. The van der Waals surface area contributed by atoms with Crippen LogP contribution < -0.4 is 10.6 Å². The Morgan fingerprint density at radius 1 is 1.35 bits per heavy atom. The van der Waals surface area contributed by atoms with Gasteiger partial charge in [0.15, 0.2) is 11.3 Å². The Labute approximate surface area is 114 Å². The molecular weight excluding hydrogens is 285 g/mol. The topological polar surface area (TPSA) is 87.4 Å². The van der Waals surface area contributed by atoms with Gasteiger partial charge in [0.25, 0.3) is 10.0 Å². The van der Waals surface area contributed by atoms with Crippen molar-refractivity contribution in [2.24, 2.45) is 4.99 Å². The summed E-state index contributed by atoms with van der Waals surface area (Å²) in [5.41, 5.74) is -0.392. The molecule has 0 spiro atoms. The Balaban J connectivity index is 2.66. The van der Waals surface area contributed by atoms with Crippen molar-refractivity contribution in [2.45, 2.75) is 11.8 Å². The summed E-state index contributed by atoms with van der Waals surface area (Å²) in [5.74, 6) is -0.967. The molecule has 0 fully saturated rings. The van der Waals surface area contributed by atoms with Crippen molar-refractivity contribution < 1.29 is 17.9 Å². The second kappa shape index (κ2) is 5.41. The maximum Gasteiger partial charge on any atom is 0.268 e. The summed E-state index contributed by atoms with van der Waals surface area (Å²) in [5, 5.41) is 11.7. The van der Waals surface area contributed by atoms with Gasteiger partial charge in [-0.1, -0.05) is 18.2 Å². The van der Waals surface area contributed by atoms with Gasteiger partial charge in [-0.2, -0.15) is 0 Å². The van der Waals surface area contributed by atoms with Crippen LogP contribution in [-0.4, -0.2) is 23.9 Å². The molecule has 0 radical (unpaired) electrons. The Morgan fingerprint density at radius 2 is 2.00 bits per heavy atom. The van der Waals surface area contributed by atoms with Gasteiger partial charge in [-0.25, -0.2) is 21.8 Å². The summed E-state index contributed by atoms with van der Waals surface area (Å²) >= 11 is 0. The fourth-order valence-corrected chi connectivity index (χ4v) is 2.75. The summed E-state index contributed by atoms with van der Waals surface area (Å²) in [6.45, 7) is 1.88. The van der Waals surface area contributed by atoms with Crippen molar-refractivity contribution in [1.82, 2.24) is 8.96 Å². The van der Waals surface area contributed by atoms with E-state index in [1.807, 2.05) is 0 Å². The van der Waals surface area contributed by atoms with Crippen LogP contribution in [0.3, 0.4) is 0 Å². The average Bonchev–Trinajstić information content (AvgIpc) is 2.43. The van der Waals surface area contributed by atoms with Crippen LogP contribution in [0, 0.1) is 5.82 Å². The minimum Gasteiger partial charge on any atom is -0.845 e. The van der Waals surface area contributed by atoms with E-state index in [1.54, 1.807) is 13.0 Å². The highest BCUT2D eigenvalue weighted by Gasteiger charge is 2.17. The van der Waals surface area contributed by atoms with Gasteiger partial charge in [-0.05, 0) is 19.1 Å². The first kappa shape index (κ1) is 14.2. The zero-order valence-corrected chi connectivity index (χ0v) is 11.3.